The molecule has 0 aromatic heterocycles. The fourth-order valence-electron chi connectivity index (χ4n) is 3.84. The van der Waals surface area contributed by atoms with Crippen molar-refractivity contribution < 1.29 is 19.5 Å². The first-order chi connectivity index (χ1) is 11.1. The minimum Gasteiger partial charge on any atom is -0.481 e. The van der Waals surface area contributed by atoms with Gasteiger partial charge in [-0.2, -0.15) is 0 Å². The summed E-state index contributed by atoms with van der Waals surface area (Å²) in [4.78, 5) is 35.2. The molecule has 0 aromatic carbocycles. The highest BCUT2D eigenvalue weighted by molar-refractivity contribution is 5.87. The van der Waals surface area contributed by atoms with Gasteiger partial charge in [-0.25, -0.2) is 0 Å². The van der Waals surface area contributed by atoms with Gasteiger partial charge in [-0.15, -0.1) is 0 Å². The number of hydrogen-bond donors (Lipinski definition) is 3. The zero-order valence-corrected chi connectivity index (χ0v) is 13.7. The molecule has 2 fully saturated rings. The van der Waals surface area contributed by atoms with E-state index < -0.39 is 17.8 Å². The number of carboxylic acid groups (broad SMARTS) is 1. The number of hydrogen-bond acceptors (Lipinski definition) is 3. The molecule has 6 nitrogen and oxygen atoms in total. The molecule has 0 saturated heterocycles. The summed E-state index contributed by atoms with van der Waals surface area (Å²) in [5.74, 6) is -2.04. The van der Waals surface area contributed by atoms with Gasteiger partial charge < -0.3 is 5.11 Å². The van der Waals surface area contributed by atoms with Crippen molar-refractivity contribution >= 4 is 17.8 Å². The molecule has 0 aliphatic heterocycles. The van der Waals surface area contributed by atoms with E-state index in [0.717, 1.165) is 19.3 Å². The van der Waals surface area contributed by atoms with Crippen LogP contribution in [0.1, 0.15) is 70.6 Å². The number of hydrazine groups is 1. The van der Waals surface area contributed by atoms with Crippen molar-refractivity contribution in [2.24, 2.45) is 17.8 Å². The minimum absolute atomic E-state index is 0.188. The van der Waals surface area contributed by atoms with Gasteiger partial charge in [0.15, 0.2) is 0 Å². The Hall–Kier alpha value is -1.59. The Kier molecular flexibility index (Phi) is 6.86. The molecular formula is C17H28N2O4. The molecular weight excluding hydrogens is 296 g/mol. The van der Waals surface area contributed by atoms with Crippen molar-refractivity contribution in [3.8, 4) is 0 Å². The molecule has 2 aliphatic carbocycles. The van der Waals surface area contributed by atoms with Gasteiger partial charge in [0.05, 0.1) is 11.8 Å². The maximum Gasteiger partial charge on any atom is 0.307 e. The molecule has 2 atom stereocenters. The lowest BCUT2D eigenvalue weighted by Crippen LogP contribution is -2.47. The van der Waals surface area contributed by atoms with E-state index in [1.165, 1.54) is 32.1 Å². The lowest BCUT2D eigenvalue weighted by molar-refractivity contribution is -0.149. The summed E-state index contributed by atoms with van der Waals surface area (Å²) < 4.78 is 0. The topological polar surface area (TPSA) is 95.5 Å². The molecule has 0 spiro atoms. The third kappa shape index (κ3) is 5.52. The Morgan fingerprint density at radius 2 is 1.43 bits per heavy atom. The SMILES string of the molecule is O=C(CCC1CCCCC1)NNC(=O)[C@H]1CCCC[C@H]1C(=O)O. The monoisotopic (exact) mass is 324 g/mol. The molecule has 0 aromatic rings. The number of aliphatic carboxylic acids is 1. The van der Waals surface area contributed by atoms with Gasteiger partial charge in [0.1, 0.15) is 0 Å². The smallest absolute Gasteiger partial charge is 0.307 e. The van der Waals surface area contributed by atoms with E-state index in [1.54, 1.807) is 0 Å². The summed E-state index contributed by atoms with van der Waals surface area (Å²) in [5.41, 5.74) is 4.87. The van der Waals surface area contributed by atoms with Crippen LogP contribution in [0.15, 0.2) is 0 Å². The quantitative estimate of drug-likeness (QED) is 0.677. The van der Waals surface area contributed by atoms with Crippen LogP contribution in [-0.4, -0.2) is 22.9 Å². The largest absolute Gasteiger partial charge is 0.481 e. The maximum absolute atomic E-state index is 12.1. The van der Waals surface area contributed by atoms with Gasteiger partial charge in [-0.1, -0.05) is 44.9 Å². The highest BCUT2D eigenvalue weighted by atomic mass is 16.4. The standard InChI is InChI=1S/C17H28N2O4/c20-15(11-10-12-6-2-1-3-7-12)18-19-16(21)13-8-4-5-9-14(13)17(22)23/h12-14H,1-11H2,(H,18,20)(H,19,21)(H,22,23)/t13-,14+/m0/s1. The predicted molar refractivity (Wildman–Crippen MR) is 85.2 cm³/mol. The summed E-state index contributed by atoms with van der Waals surface area (Å²) in [6.07, 6.45) is 10.3. The molecule has 6 heteroatoms. The molecule has 0 unspecified atom stereocenters. The van der Waals surface area contributed by atoms with Crippen molar-refractivity contribution in [3.63, 3.8) is 0 Å². The summed E-state index contributed by atoms with van der Waals surface area (Å²) >= 11 is 0. The molecule has 2 aliphatic rings. The zero-order valence-electron chi connectivity index (χ0n) is 13.7. The molecule has 3 N–H and O–H groups in total. The van der Waals surface area contributed by atoms with Gasteiger partial charge in [-0.05, 0) is 25.2 Å². The van der Waals surface area contributed by atoms with Crippen molar-refractivity contribution in [2.75, 3.05) is 0 Å². The highest BCUT2D eigenvalue weighted by Gasteiger charge is 2.35. The highest BCUT2D eigenvalue weighted by Crippen LogP contribution is 2.30. The van der Waals surface area contributed by atoms with Crippen LogP contribution in [0.3, 0.4) is 0 Å². The molecule has 130 valence electrons. The van der Waals surface area contributed by atoms with Gasteiger partial charge in [0.2, 0.25) is 11.8 Å². The third-order valence-electron chi connectivity index (χ3n) is 5.25. The molecule has 0 radical (unpaired) electrons. The second-order valence-electron chi connectivity index (χ2n) is 6.92. The molecule has 2 rings (SSSR count). The lowest BCUT2D eigenvalue weighted by Gasteiger charge is -2.27. The van der Waals surface area contributed by atoms with Gasteiger partial charge in [-0.3, -0.25) is 25.2 Å². The first-order valence-electron chi connectivity index (χ1n) is 8.89. The summed E-state index contributed by atoms with van der Waals surface area (Å²) in [5, 5.41) is 9.20. The number of carbonyl (C=O) groups is 3. The number of amides is 2. The van der Waals surface area contributed by atoms with Crippen LogP contribution in [-0.2, 0) is 14.4 Å². The molecule has 2 saturated carbocycles. The molecule has 0 bridgehead atoms. The van der Waals surface area contributed by atoms with Crippen molar-refractivity contribution in [1.29, 1.82) is 0 Å². The Balaban J connectivity index is 1.70. The number of carboxylic acids is 1. The van der Waals surface area contributed by atoms with Gasteiger partial charge >= 0.3 is 5.97 Å². The number of carbonyl (C=O) groups excluding carboxylic acids is 2. The van der Waals surface area contributed by atoms with E-state index in [1.807, 2.05) is 0 Å². The Bertz CT molecular complexity index is 432. The van der Waals surface area contributed by atoms with E-state index in [2.05, 4.69) is 10.9 Å². The van der Waals surface area contributed by atoms with Crippen LogP contribution in [0.5, 0.6) is 0 Å². The second kappa shape index (κ2) is 8.89. The summed E-state index contributed by atoms with van der Waals surface area (Å²) in [7, 11) is 0. The second-order valence-corrected chi connectivity index (χ2v) is 6.92. The van der Waals surface area contributed by atoms with Gasteiger partial charge in [0.25, 0.3) is 0 Å². The normalized spacial score (nSPS) is 25.6. The van der Waals surface area contributed by atoms with Crippen LogP contribution in [0.4, 0.5) is 0 Å². The van der Waals surface area contributed by atoms with Crippen molar-refractivity contribution in [2.45, 2.75) is 70.6 Å². The molecule has 0 heterocycles. The lowest BCUT2D eigenvalue weighted by atomic mass is 9.79. The van der Waals surface area contributed by atoms with Gasteiger partial charge in [0, 0.05) is 6.42 Å². The first kappa shape index (κ1) is 17.8. The van der Waals surface area contributed by atoms with E-state index >= 15 is 0 Å². The van der Waals surface area contributed by atoms with E-state index in [-0.39, 0.29) is 11.8 Å². The Morgan fingerprint density at radius 1 is 0.826 bits per heavy atom. The number of rotatable bonds is 5. The van der Waals surface area contributed by atoms with Crippen LogP contribution >= 0.6 is 0 Å². The van der Waals surface area contributed by atoms with Crippen molar-refractivity contribution in [3.05, 3.63) is 0 Å². The minimum atomic E-state index is -0.923. The number of nitrogens with one attached hydrogen (secondary N) is 2. The van der Waals surface area contributed by atoms with Crippen LogP contribution in [0, 0.1) is 17.8 Å². The molecule has 23 heavy (non-hydrogen) atoms. The van der Waals surface area contributed by atoms with E-state index in [9.17, 15) is 19.5 Å². The summed E-state index contributed by atoms with van der Waals surface area (Å²) in [6.45, 7) is 0. The fourth-order valence-corrected chi connectivity index (χ4v) is 3.84. The Labute approximate surface area is 137 Å². The Morgan fingerprint density at radius 3 is 2.09 bits per heavy atom. The van der Waals surface area contributed by atoms with Crippen LogP contribution in [0.2, 0.25) is 0 Å². The van der Waals surface area contributed by atoms with Crippen LogP contribution in [0.25, 0.3) is 0 Å². The maximum atomic E-state index is 12.1. The first-order valence-corrected chi connectivity index (χ1v) is 8.89. The fraction of sp³-hybridized carbons (Fsp3) is 0.824. The summed E-state index contributed by atoms with van der Waals surface area (Å²) in [6, 6.07) is 0. The van der Waals surface area contributed by atoms with Crippen molar-refractivity contribution in [1.82, 2.24) is 10.9 Å². The van der Waals surface area contributed by atoms with E-state index in [0.29, 0.717) is 25.2 Å². The third-order valence-corrected chi connectivity index (χ3v) is 5.25. The average Bonchev–Trinajstić information content (AvgIpc) is 2.58. The average molecular weight is 324 g/mol. The van der Waals surface area contributed by atoms with E-state index in [4.69, 9.17) is 0 Å². The predicted octanol–water partition coefficient (Wildman–Crippen LogP) is 2.39. The molecule has 2 amide bonds. The zero-order chi connectivity index (χ0) is 16.7. The van der Waals surface area contributed by atoms with Crippen LogP contribution < -0.4 is 10.9 Å².